The predicted octanol–water partition coefficient (Wildman–Crippen LogP) is 5.14. The van der Waals surface area contributed by atoms with Gasteiger partial charge in [-0.15, -0.1) is 11.3 Å². The maximum absolute atomic E-state index is 12.5. The van der Waals surface area contributed by atoms with Crippen LogP contribution in [-0.4, -0.2) is 77.4 Å². The number of likely N-dealkylation sites (tertiary alicyclic amines) is 2. The highest BCUT2D eigenvalue weighted by Crippen LogP contribution is 2.34. The van der Waals surface area contributed by atoms with Crippen molar-refractivity contribution in [3.8, 4) is 16.3 Å². The normalized spacial score (nSPS) is 19.2. The maximum Gasteiger partial charge on any atom is 0.410 e. The van der Waals surface area contributed by atoms with Gasteiger partial charge in [0.1, 0.15) is 23.0 Å². The summed E-state index contributed by atoms with van der Waals surface area (Å²) in [7, 11) is 0. The third-order valence-corrected chi connectivity index (χ3v) is 7.83. The largest absolute Gasteiger partial charge is 0.492 e. The molecule has 2 aromatic carbocycles. The van der Waals surface area contributed by atoms with Crippen LogP contribution in [0.25, 0.3) is 21.3 Å². The Labute approximate surface area is 227 Å². The summed E-state index contributed by atoms with van der Waals surface area (Å²) in [6.07, 6.45) is 0.962. The molecule has 202 valence electrons. The molecule has 5 rings (SSSR count). The molecule has 0 N–H and O–H groups in total. The molecule has 0 radical (unpaired) electrons. The highest BCUT2D eigenvalue weighted by molar-refractivity contribution is 7.13. The zero-order valence-corrected chi connectivity index (χ0v) is 23.3. The topological polar surface area (TPSA) is 81.2 Å². The molecule has 3 aromatic rings. The minimum atomic E-state index is -0.477. The zero-order chi connectivity index (χ0) is 26.9. The lowest BCUT2D eigenvalue weighted by molar-refractivity contribution is -0.142. The number of hydrogen-bond acceptors (Lipinski definition) is 8. The van der Waals surface area contributed by atoms with Gasteiger partial charge in [-0.2, -0.15) is 0 Å². The van der Waals surface area contributed by atoms with Crippen molar-refractivity contribution in [3.05, 3.63) is 47.5 Å². The number of esters is 1. The average molecular weight is 538 g/mol. The Bertz CT molecular complexity index is 1320. The Hall–Kier alpha value is -3.17. The molecule has 9 heteroatoms. The summed E-state index contributed by atoms with van der Waals surface area (Å²) in [6, 6.07) is 12.9. The molecular weight excluding hydrogens is 502 g/mol. The van der Waals surface area contributed by atoms with E-state index in [1.807, 2.05) is 43.2 Å². The molecule has 3 heterocycles. The number of piperazine rings is 1. The number of rotatable bonds is 8. The smallest absolute Gasteiger partial charge is 0.410 e. The Morgan fingerprint density at radius 1 is 1.13 bits per heavy atom. The number of amides is 1. The predicted molar refractivity (Wildman–Crippen MR) is 148 cm³/mol. The van der Waals surface area contributed by atoms with E-state index < -0.39 is 5.60 Å². The SMILES string of the molecule is CCOC(=O)Cc1csc(-c2ccc3cccc(OCCN4C[C@@H]5C[C@H]4CN5C(=O)OC(C)(C)C)c3c2)n1. The van der Waals surface area contributed by atoms with E-state index >= 15 is 0 Å². The molecule has 2 saturated heterocycles. The number of thiazole rings is 1. The van der Waals surface area contributed by atoms with Crippen LogP contribution in [0.1, 0.15) is 39.8 Å². The van der Waals surface area contributed by atoms with Gasteiger partial charge in [0.2, 0.25) is 0 Å². The van der Waals surface area contributed by atoms with E-state index in [2.05, 4.69) is 34.1 Å². The van der Waals surface area contributed by atoms with Crippen molar-refractivity contribution in [1.29, 1.82) is 0 Å². The van der Waals surface area contributed by atoms with Gasteiger partial charge in [0.15, 0.2) is 0 Å². The van der Waals surface area contributed by atoms with Crippen LogP contribution in [-0.2, 0) is 20.7 Å². The monoisotopic (exact) mass is 537 g/mol. The van der Waals surface area contributed by atoms with Gasteiger partial charge in [0, 0.05) is 48.0 Å². The summed E-state index contributed by atoms with van der Waals surface area (Å²) in [5.74, 6) is 0.578. The fourth-order valence-corrected chi connectivity index (χ4v) is 6.04. The molecule has 0 aliphatic carbocycles. The molecular formula is C29H35N3O5S. The van der Waals surface area contributed by atoms with E-state index in [-0.39, 0.29) is 24.5 Å². The van der Waals surface area contributed by atoms with Crippen LogP contribution >= 0.6 is 11.3 Å². The van der Waals surface area contributed by atoms with Gasteiger partial charge >= 0.3 is 12.1 Å². The van der Waals surface area contributed by atoms with Gasteiger partial charge in [-0.05, 0) is 51.6 Å². The second-order valence-electron chi connectivity index (χ2n) is 10.8. The molecule has 0 unspecified atom stereocenters. The van der Waals surface area contributed by atoms with E-state index in [9.17, 15) is 9.59 Å². The third kappa shape index (κ3) is 5.94. The van der Waals surface area contributed by atoms with E-state index in [4.69, 9.17) is 14.2 Å². The second kappa shape index (κ2) is 10.9. The van der Waals surface area contributed by atoms with Crippen LogP contribution in [0, 0.1) is 0 Å². The van der Waals surface area contributed by atoms with E-state index in [1.54, 1.807) is 6.92 Å². The first-order valence-electron chi connectivity index (χ1n) is 13.2. The van der Waals surface area contributed by atoms with Crippen molar-refractivity contribution in [2.24, 2.45) is 0 Å². The van der Waals surface area contributed by atoms with Crippen LogP contribution < -0.4 is 4.74 Å². The number of carbonyl (C=O) groups is 2. The first-order valence-corrected chi connectivity index (χ1v) is 14.1. The van der Waals surface area contributed by atoms with Crippen molar-refractivity contribution >= 4 is 34.2 Å². The molecule has 2 aliphatic heterocycles. The number of aromatic nitrogens is 1. The van der Waals surface area contributed by atoms with Crippen molar-refractivity contribution in [3.63, 3.8) is 0 Å². The van der Waals surface area contributed by atoms with Crippen LogP contribution in [0.2, 0.25) is 0 Å². The fourth-order valence-electron chi connectivity index (χ4n) is 5.22. The lowest BCUT2D eigenvalue weighted by atomic mass is 10.1. The molecule has 2 bridgehead atoms. The van der Waals surface area contributed by atoms with Crippen LogP contribution in [0.3, 0.4) is 0 Å². The quantitative estimate of drug-likeness (QED) is 0.368. The fraction of sp³-hybridized carbons (Fsp3) is 0.483. The van der Waals surface area contributed by atoms with Gasteiger partial charge in [-0.1, -0.05) is 24.3 Å². The summed E-state index contributed by atoms with van der Waals surface area (Å²) < 4.78 is 16.9. The molecule has 0 spiro atoms. The summed E-state index contributed by atoms with van der Waals surface area (Å²) in [5, 5.41) is 4.91. The molecule has 2 atom stereocenters. The average Bonchev–Trinajstić information content (AvgIpc) is 3.59. The highest BCUT2D eigenvalue weighted by atomic mass is 32.1. The Morgan fingerprint density at radius 2 is 1.97 bits per heavy atom. The lowest BCUT2D eigenvalue weighted by Crippen LogP contribution is -2.50. The molecule has 2 aliphatic rings. The van der Waals surface area contributed by atoms with Crippen molar-refractivity contribution in [1.82, 2.24) is 14.8 Å². The first-order chi connectivity index (χ1) is 18.2. The number of hydrogen-bond donors (Lipinski definition) is 0. The number of fused-ring (bicyclic) bond motifs is 3. The number of carbonyl (C=O) groups excluding carboxylic acids is 2. The van der Waals surface area contributed by atoms with E-state index in [1.165, 1.54) is 11.3 Å². The Morgan fingerprint density at radius 3 is 2.71 bits per heavy atom. The second-order valence-corrected chi connectivity index (χ2v) is 11.7. The van der Waals surface area contributed by atoms with Crippen LogP contribution in [0.15, 0.2) is 41.8 Å². The molecule has 1 aromatic heterocycles. The Balaban J connectivity index is 1.20. The van der Waals surface area contributed by atoms with Crippen LogP contribution in [0.5, 0.6) is 5.75 Å². The van der Waals surface area contributed by atoms with Crippen molar-refractivity contribution in [2.75, 3.05) is 32.8 Å². The summed E-state index contributed by atoms with van der Waals surface area (Å²) >= 11 is 1.52. The zero-order valence-electron chi connectivity index (χ0n) is 22.4. The van der Waals surface area contributed by atoms with Gasteiger partial charge < -0.3 is 19.1 Å². The summed E-state index contributed by atoms with van der Waals surface area (Å²) in [6.45, 7) is 10.8. The molecule has 1 amide bonds. The minimum absolute atomic E-state index is 0.181. The van der Waals surface area contributed by atoms with Crippen molar-refractivity contribution in [2.45, 2.75) is 58.2 Å². The Kier molecular flexibility index (Phi) is 7.59. The number of benzene rings is 2. The van der Waals surface area contributed by atoms with Gasteiger partial charge in [0.05, 0.1) is 18.7 Å². The van der Waals surface area contributed by atoms with Gasteiger partial charge in [-0.25, -0.2) is 9.78 Å². The van der Waals surface area contributed by atoms with Gasteiger partial charge in [-0.3, -0.25) is 9.69 Å². The minimum Gasteiger partial charge on any atom is -0.492 e. The molecule has 0 saturated carbocycles. The van der Waals surface area contributed by atoms with Crippen molar-refractivity contribution < 1.29 is 23.8 Å². The summed E-state index contributed by atoms with van der Waals surface area (Å²) in [4.78, 5) is 33.3. The van der Waals surface area contributed by atoms with Crippen LogP contribution in [0.4, 0.5) is 4.79 Å². The summed E-state index contributed by atoms with van der Waals surface area (Å²) in [5.41, 5.74) is 1.24. The molecule has 8 nitrogen and oxygen atoms in total. The standard InChI is InChI=1S/C29H35N3O5S/c1-5-35-26(33)14-21-18-38-27(30-21)20-10-9-19-7-6-8-25(24(19)13-20)36-12-11-31-16-23-15-22(31)17-32(23)28(34)37-29(2,3)4/h6-10,13,18,22-23H,5,11-12,14-17H2,1-4H3/t22-,23-/m0/s1. The van der Waals surface area contributed by atoms with E-state index in [0.717, 1.165) is 52.3 Å². The third-order valence-electron chi connectivity index (χ3n) is 6.89. The molecule has 38 heavy (non-hydrogen) atoms. The number of nitrogens with zero attached hydrogens (tertiary/aromatic N) is 3. The highest BCUT2D eigenvalue weighted by Gasteiger charge is 2.46. The lowest BCUT2D eigenvalue weighted by Gasteiger charge is -2.35. The molecule has 2 fully saturated rings. The van der Waals surface area contributed by atoms with E-state index in [0.29, 0.717) is 25.8 Å². The number of ether oxygens (including phenoxy) is 3. The first kappa shape index (κ1) is 26.4. The maximum atomic E-state index is 12.5. The van der Waals surface area contributed by atoms with Gasteiger partial charge in [0.25, 0.3) is 0 Å².